The molecule has 0 N–H and O–H groups in total. The molecule has 1 heterocycles. The molecule has 3 heteroatoms. The van der Waals surface area contributed by atoms with E-state index < -0.39 is 0 Å². The summed E-state index contributed by atoms with van der Waals surface area (Å²) in [5, 5.41) is 1.94. The van der Waals surface area contributed by atoms with Gasteiger partial charge in [-0.2, -0.15) is 0 Å². The molecule has 0 radical (unpaired) electrons. The van der Waals surface area contributed by atoms with Crippen molar-refractivity contribution >= 4 is 17.1 Å². The lowest BCUT2D eigenvalue weighted by atomic mass is 9.78. The van der Waals surface area contributed by atoms with Gasteiger partial charge >= 0.3 is 0 Å². The van der Waals surface area contributed by atoms with Crippen molar-refractivity contribution in [3.05, 3.63) is 16.3 Å². The van der Waals surface area contributed by atoms with Crippen molar-refractivity contribution in [3.8, 4) is 5.75 Å². The maximum Gasteiger partial charge on any atom is 0.179 e. The Balaban J connectivity index is 1.89. The van der Waals surface area contributed by atoms with Crippen LogP contribution in [0.25, 0.3) is 0 Å². The Morgan fingerprint density at radius 3 is 2.74 bits per heavy atom. The minimum atomic E-state index is 0.227. The Bertz CT molecular complexity index is 403. The highest BCUT2D eigenvalue weighted by atomic mass is 32.1. The van der Waals surface area contributed by atoms with E-state index in [1.807, 2.05) is 11.4 Å². The molecule has 1 aromatic rings. The molecule has 0 saturated heterocycles. The number of carbonyl (C=O) groups excluding carboxylic acids is 1. The monoisotopic (exact) mass is 280 g/mol. The molecule has 19 heavy (non-hydrogen) atoms. The Kier molecular flexibility index (Phi) is 5.44. The Hall–Kier alpha value is -0.830. The summed E-state index contributed by atoms with van der Waals surface area (Å²) in [6.45, 7) is 2.25. The molecule has 0 unspecified atom stereocenters. The van der Waals surface area contributed by atoms with E-state index in [-0.39, 0.29) is 5.92 Å². The van der Waals surface area contributed by atoms with Gasteiger partial charge in [-0.15, -0.1) is 11.3 Å². The number of Topliss-reactive ketones (excluding diaryl/α,β-unsaturated/α-hetero) is 1. The maximum absolute atomic E-state index is 12.5. The Morgan fingerprint density at radius 2 is 2.11 bits per heavy atom. The highest BCUT2D eigenvalue weighted by molar-refractivity contribution is 7.12. The van der Waals surface area contributed by atoms with Crippen molar-refractivity contribution in [2.24, 2.45) is 11.8 Å². The normalized spacial score (nSPS) is 23.3. The zero-order valence-electron chi connectivity index (χ0n) is 12.0. The van der Waals surface area contributed by atoms with Crippen molar-refractivity contribution in [2.75, 3.05) is 7.11 Å². The van der Waals surface area contributed by atoms with E-state index in [2.05, 4.69) is 6.92 Å². The molecular weight excluding hydrogens is 256 g/mol. The summed E-state index contributed by atoms with van der Waals surface area (Å²) in [6.07, 6.45) is 8.55. The zero-order valence-corrected chi connectivity index (χ0v) is 12.8. The van der Waals surface area contributed by atoms with Crippen molar-refractivity contribution in [1.82, 2.24) is 0 Å². The first-order valence-electron chi connectivity index (χ1n) is 7.42. The van der Waals surface area contributed by atoms with E-state index in [1.54, 1.807) is 7.11 Å². The summed E-state index contributed by atoms with van der Waals surface area (Å²) in [5.41, 5.74) is 0. The van der Waals surface area contributed by atoms with Gasteiger partial charge in [-0.1, -0.05) is 26.2 Å². The second kappa shape index (κ2) is 7.09. The van der Waals surface area contributed by atoms with Gasteiger partial charge in [-0.25, -0.2) is 0 Å². The van der Waals surface area contributed by atoms with E-state index in [0.717, 1.165) is 29.4 Å². The number of unbranched alkanes of at least 4 members (excludes halogenated alkanes) is 1. The van der Waals surface area contributed by atoms with Crippen LogP contribution in [-0.4, -0.2) is 12.9 Å². The summed E-state index contributed by atoms with van der Waals surface area (Å²) in [4.78, 5) is 13.3. The van der Waals surface area contributed by atoms with Gasteiger partial charge in [0.05, 0.1) is 7.11 Å². The van der Waals surface area contributed by atoms with Crippen molar-refractivity contribution < 1.29 is 9.53 Å². The maximum atomic E-state index is 12.5. The number of methoxy groups -OCH3 is 1. The molecule has 1 aliphatic carbocycles. The highest BCUT2D eigenvalue weighted by Crippen LogP contribution is 2.36. The first-order chi connectivity index (χ1) is 9.26. The lowest BCUT2D eigenvalue weighted by Gasteiger charge is -2.27. The standard InChI is InChI=1S/C16H24O2S/c1-3-4-5-12-6-8-13(9-7-12)15(17)16-14(18-2)10-11-19-16/h10-13H,3-9H2,1-2H3. The number of ether oxygens (including phenoxy) is 1. The molecule has 0 spiro atoms. The second-order valence-corrected chi connectivity index (χ2v) is 6.46. The lowest BCUT2D eigenvalue weighted by Crippen LogP contribution is -2.21. The van der Waals surface area contributed by atoms with E-state index in [1.165, 1.54) is 43.4 Å². The van der Waals surface area contributed by atoms with E-state index in [4.69, 9.17) is 4.74 Å². The molecule has 0 aliphatic heterocycles. The van der Waals surface area contributed by atoms with Gasteiger partial charge in [0.15, 0.2) is 5.78 Å². The van der Waals surface area contributed by atoms with Crippen LogP contribution in [-0.2, 0) is 0 Å². The van der Waals surface area contributed by atoms with Crippen molar-refractivity contribution in [1.29, 1.82) is 0 Å². The molecule has 0 atom stereocenters. The average molecular weight is 280 g/mol. The van der Waals surface area contributed by atoms with Crippen LogP contribution in [0.3, 0.4) is 0 Å². The fourth-order valence-corrected chi connectivity index (χ4v) is 3.91. The van der Waals surface area contributed by atoms with Gasteiger partial charge in [0, 0.05) is 5.92 Å². The second-order valence-electron chi connectivity index (χ2n) is 5.54. The minimum Gasteiger partial charge on any atom is -0.495 e. The number of carbonyl (C=O) groups is 1. The summed E-state index contributed by atoms with van der Waals surface area (Å²) in [7, 11) is 1.64. The molecule has 2 rings (SSSR count). The van der Waals surface area contributed by atoms with Crippen LogP contribution in [0.5, 0.6) is 5.75 Å². The summed E-state index contributed by atoms with van der Waals surface area (Å²) >= 11 is 1.52. The fourth-order valence-electron chi connectivity index (χ4n) is 3.03. The average Bonchev–Trinajstić information content (AvgIpc) is 2.93. The molecule has 1 saturated carbocycles. The topological polar surface area (TPSA) is 26.3 Å². The molecule has 1 aliphatic rings. The minimum absolute atomic E-state index is 0.227. The van der Waals surface area contributed by atoms with Crippen LogP contribution >= 0.6 is 11.3 Å². The van der Waals surface area contributed by atoms with Gasteiger partial charge in [0.25, 0.3) is 0 Å². The Morgan fingerprint density at radius 1 is 1.37 bits per heavy atom. The predicted molar refractivity (Wildman–Crippen MR) is 80.2 cm³/mol. The smallest absolute Gasteiger partial charge is 0.179 e. The van der Waals surface area contributed by atoms with E-state index in [9.17, 15) is 4.79 Å². The first kappa shape index (κ1) is 14.6. The van der Waals surface area contributed by atoms with Gasteiger partial charge in [-0.3, -0.25) is 4.79 Å². The summed E-state index contributed by atoms with van der Waals surface area (Å²) in [6, 6.07) is 1.89. The van der Waals surface area contributed by atoms with Crippen LogP contribution in [0.2, 0.25) is 0 Å². The molecule has 1 fully saturated rings. The van der Waals surface area contributed by atoms with E-state index >= 15 is 0 Å². The van der Waals surface area contributed by atoms with Crippen LogP contribution < -0.4 is 4.74 Å². The number of rotatable bonds is 6. The third kappa shape index (κ3) is 3.59. The number of hydrogen-bond donors (Lipinski definition) is 0. The molecule has 1 aromatic heterocycles. The zero-order chi connectivity index (χ0) is 13.7. The van der Waals surface area contributed by atoms with Gasteiger partial charge in [0.2, 0.25) is 0 Å². The van der Waals surface area contributed by atoms with Crippen LogP contribution in [0.1, 0.15) is 61.5 Å². The molecule has 0 aromatic carbocycles. The largest absolute Gasteiger partial charge is 0.495 e. The van der Waals surface area contributed by atoms with Crippen LogP contribution in [0.4, 0.5) is 0 Å². The lowest BCUT2D eigenvalue weighted by molar-refractivity contribution is 0.0871. The van der Waals surface area contributed by atoms with E-state index in [0.29, 0.717) is 5.78 Å². The molecule has 2 nitrogen and oxygen atoms in total. The molecule has 0 amide bonds. The third-order valence-electron chi connectivity index (χ3n) is 4.26. The molecule has 0 bridgehead atoms. The third-order valence-corrected chi connectivity index (χ3v) is 5.17. The first-order valence-corrected chi connectivity index (χ1v) is 8.30. The quantitative estimate of drug-likeness (QED) is 0.690. The number of thiophene rings is 1. The van der Waals surface area contributed by atoms with Gasteiger partial charge < -0.3 is 4.74 Å². The molecular formula is C16H24O2S. The number of hydrogen-bond acceptors (Lipinski definition) is 3. The number of ketones is 1. The Labute approximate surface area is 120 Å². The van der Waals surface area contributed by atoms with Crippen molar-refractivity contribution in [3.63, 3.8) is 0 Å². The predicted octanol–water partition coefficient (Wildman–Crippen LogP) is 4.94. The fraction of sp³-hybridized carbons (Fsp3) is 0.688. The van der Waals surface area contributed by atoms with Crippen LogP contribution in [0.15, 0.2) is 11.4 Å². The summed E-state index contributed by atoms with van der Waals surface area (Å²) < 4.78 is 5.26. The van der Waals surface area contributed by atoms with Crippen LogP contribution in [0, 0.1) is 11.8 Å². The summed E-state index contributed by atoms with van der Waals surface area (Å²) in [5.74, 6) is 2.14. The van der Waals surface area contributed by atoms with Crippen molar-refractivity contribution in [2.45, 2.75) is 51.9 Å². The van der Waals surface area contributed by atoms with Gasteiger partial charge in [0.1, 0.15) is 10.6 Å². The SMILES string of the molecule is CCCCC1CCC(C(=O)c2sccc2OC)CC1. The molecule has 106 valence electrons. The van der Waals surface area contributed by atoms with Gasteiger partial charge in [-0.05, 0) is 43.0 Å². The highest BCUT2D eigenvalue weighted by Gasteiger charge is 2.28.